The highest BCUT2D eigenvalue weighted by Gasteiger charge is 2.62. The summed E-state index contributed by atoms with van der Waals surface area (Å²) in [4.78, 5) is 12.3. The summed E-state index contributed by atoms with van der Waals surface area (Å²) in [5.41, 5.74) is -2.07. The van der Waals surface area contributed by atoms with Gasteiger partial charge >= 0.3 is 6.18 Å². The van der Waals surface area contributed by atoms with Crippen LogP contribution in [0.25, 0.3) is 0 Å². The Bertz CT molecular complexity index is 650. The maximum Gasteiger partial charge on any atom is 0.438 e. The largest absolute Gasteiger partial charge is 0.438 e. The van der Waals surface area contributed by atoms with E-state index in [2.05, 4.69) is 5.10 Å². The van der Waals surface area contributed by atoms with E-state index in [0.29, 0.717) is 24.5 Å². The molecule has 0 aliphatic carbocycles. The second-order valence-electron chi connectivity index (χ2n) is 6.77. The van der Waals surface area contributed by atoms with Crippen molar-refractivity contribution in [2.24, 2.45) is 11.0 Å². The van der Waals surface area contributed by atoms with E-state index >= 15 is 0 Å². The Morgan fingerprint density at radius 2 is 2.00 bits per heavy atom. The van der Waals surface area contributed by atoms with Gasteiger partial charge in [0.15, 0.2) is 0 Å². The predicted octanol–water partition coefficient (Wildman–Crippen LogP) is 4.20. The van der Waals surface area contributed by atoms with E-state index in [9.17, 15) is 23.1 Å². The lowest BCUT2D eigenvalue weighted by atomic mass is 9.99. The van der Waals surface area contributed by atoms with E-state index in [1.807, 2.05) is 44.2 Å². The lowest BCUT2D eigenvalue weighted by Gasteiger charge is -2.32. The van der Waals surface area contributed by atoms with Crippen LogP contribution < -0.4 is 0 Å². The minimum Gasteiger partial charge on any atom is -0.362 e. The first kappa shape index (κ1) is 20.8. The second-order valence-corrected chi connectivity index (χ2v) is 7.76. The SMILES string of the molecule is CC(C)CCC1=NN(C(=O)CSCc2ccccc2)[C@](O)(C(F)(F)F)C1. The van der Waals surface area contributed by atoms with Gasteiger partial charge < -0.3 is 5.11 Å². The zero-order chi connectivity index (χ0) is 19.4. The minimum absolute atomic E-state index is 0.186. The molecule has 0 fully saturated rings. The van der Waals surface area contributed by atoms with Gasteiger partial charge in [0.1, 0.15) is 0 Å². The molecule has 0 spiro atoms. The molecule has 0 unspecified atom stereocenters. The smallest absolute Gasteiger partial charge is 0.362 e. The molecule has 1 aliphatic heterocycles. The van der Waals surface area contributed by atoms with E-state index in [0.717, 1.165) is 5.56 Å². The summed E-state index contributed by atoms with van der Waals surface area (Å²) in [5.74, 6) is -0.239. The normalized spacial score (nSPS) is 20.6. The third-order valence-electron chi connectivity index (χ3n) is 4.08. The first-order chi connectivity index (χ1) is 12.1. The van der Waals surface area contributed by atoms with Crippen molar-refractivity contribution >= 4 is 23.4 Å². The predicted molar refractivity (Wildman–Crippen MR) is 96.6 cm³/mol. The average molecular weight is 388 g/mol. The van der Waals surface area contributed by atoms with Crippen molar-refractivity contribution in [1.29, 1.82) is 0 Å². The Morgan fingerprint density at radius 1 is 1.35 bits per heavy atom. The topological polar surface area (TPSA) is 52.9 Å². The van der Waals surface area contributed by atoms with Gasteiger partial charge in [0, 0.05) is 17.9 Å². The van der Waals surface area contributed by atoms with Crippen molar-refractivity contribution in [1.82, 2.24) is 5.01 Å². The number of nitrogens with zero attached hydrogens (tertiary/aromatic N) is 2. The van der Waals surface area contributed by atoms with Gasteiger partial charge in [-0.1, -0.05) is 44.2 Å². The molecular formula is C18H23F3N2O2S. The van der Waals surface area contributed by atoms with Gasteiger partial charge in [0.2, 0.25) is 0 Å². The van der Waals surface area contributed by atoms with Crippen LogP contribution in [0.1, 0.15) is 38.7 Å². The van der Waals surface area contributed by atoms with Gasteiger partial charge in [-0.25, -0.2) is 0 Å². The molecular weight excluding hydrogens is 365 g/mol. The maximum atomic E-state index is 13.4. The number of carbonyl (C=O) groups excluding carboxylic acids is 1. The van der Waals surface area contributed by atoms with Gasteiger partial charge in [0.05, 0.1) is 5.75 Å². The molecule has 0 aromatic heterocycles. The standard InChI is InChI=1S/C18H23F3N2O2S/c1-13(2)8-9-15-10-17(25,18(19,20)21)23(22-15)16(24)12-26-11-14-6-4-3-5-7-14/h3-7,13,25H,8-12H2,1-2H3/t17-/m1/s1. The molecule has 1 aromatic carbocycles. The van der Waals surface area contributed by atoms with Crippen LogP contribution in [0.5, 0.6) is 0 Å². The van der Waals surface area contributed by atoms with Crippen molar-refractivity contribution in [2.75, 3.05) is 5.75 Å². The fourth-order valence-corrected chi connectivity index (χ4v) is 3.41. The van der Waals surface area contributed by atoms with Crippen molar-refractivity contribution in [3.05, 3.63) is 35.9 Å². The van der Waals surface area contributed by atoms with E-state index in [-0.39, 0.29) is 16.5 Å². The highest BCUT2D eigenvalue weighted by molar-refractivity contribution is 7.99. The van der Waals surface area contributed by atoms with Crippen molar-refractivity contribution in [3.63, 3.8) is 0 Å². The van der Waals surface area contributed by atoms with Crippen molar-refractivity contribution < 1.29 is 23.1 Å². The number of benzene rings is 1. The van der Waals surface area contributed by atoms with Crippen LogP contribution in [0.3, 0.4) is 0 Å². The molecule has 2 rings (SSSR count). The van der Waals surface area contributed by atoms with Crippen LogP contribution in [-0.2, 0) is 10.5 Å². The summed E-state index contributed by atoms with van der Waals surface area (Å²) in [6.45, 7) is 3.91. The van der Waals surface area contributed by atoms with Gasteiger partial charge in [-0.2, -0.15) is 23.3 Å². The number of hydrazone groups is 1. The molecule has 4 nitrogen and oxygen atoms in total. The van der Waals surface area contributed by atoms with Crippen LogP contribution in [0.2, 0.25) is 0 Å². The quantitative estimate of drug-likeness (QED) is 0.762. The summed E-state index contributed by atoms with van der Waals surface area (Å²) in [7, 11) is 0. The molecule has 1 atom stereocenters. The Morgan fingerprint density at radius 3 is 2.58 bits per heavy atom. The fourth-order valence-electron chi connectivity index (χ4n) is 2.59. The number of halogens is 3. The molecule has 1 amide bonds. The van der Waals surface area contributed by atoms with Crippen molar-refractivity contribution in [2.45, 2.75) is 50.8 Å². The number of amides is 1. The molecule has 1 N–H and O–H groups in total. The van der Waals surface area contributed by atoms with Gasteiger partial charge in [-0.3, -0.25) is 4.79 Å². The fraction of sp³-hybridized carbons (Fsp3) is 0.556. The molecule has 1 aliphatic rings. The zero-order valence-corrected chi connectivity index (χ0v) is 15.6. The summed E-state index contributed by atoms with van der Waals surface area (Å²) in [5, 5.41) is 14.2. The summed E-state index contributed by atoms with van der Waals surface area (Å²) in [6, 6.07) is 9.32. The first-order valence-corrected chi connectivity index (χ1v) is 9.59. The minimum atomic E-state index is -4.96. The maximum absolute atomic E-state index is 13.4. The molecule has 8 heteroatoms. The molecule has 1 heterocycles. The van der Waals surface area contributed by atoms with Crippen LogP contribution in [-0.4, -0.2) is 39.4 Å². The summed E-state index contributed by atoms with van der Waals surface area (Å²) in [6.07, 6.45) is -4.66. The van der Waals surface area contributed by atoms with Crippen LogP contribution in [0.4, 0.5) is 13.2 Å². The number of carbonyl (C=O) groups is 1. The highest BCUT2D eigenvalue weighted by atomic mass is 32.2. The van der Waals surface area contributed by atoms with E-state index in [4.69, 9.17) is 0 Å². The Hall–Kier alpha value is -1.54. The van der Waals surface area contributed by atoms with E-state index in [1.54, 1.807) is 0 Å². The molecule has 0 radical (unpaired) electrons. The number of hydrogen-bond donors (Lipinski definition) is 1. The Labute approximate surface area is 155 Å². The lowest BCUT2D eigenvalue weighted by Crippen LogP contribution is -2.57. The number of alkyl halides is 3. The van der Waals surface area contributed by atoms with Crippen LogP contribution >= 0.6 is 11.8 Å². The Balaban J connectivity index is 2.04. The number of rotatable bonds is 7. The number of aliphatic hydroxyl groups is 1. The second kappa shape index (κ2) is 8.43. The third-order valence-corrected chi connectivity index (χ3v) is 5.07. The van der Waals surface area contributed by atoms with E-state index in [1.165, 1.54) is 11.8 Å². The molecule has 0 saturated heterocycles. The Kier molecular flexibility index (Phi) is 6.74. The molecule has 0 bridgehead atoms. The van der Waals surface area contributed by atoms with E-state index < -0.39 is 24.2 Å². The number of thioether (sulfide) groups is 1. The average Bonchev–Trinajstić information content (AvgIpc) is 2.92. The highest BCUT2D eigenvalue weighted by Crippen LogP contribution is 2.41. The van der Waals surface area contributed by atoms with Crippen LogP contribution in [0, 0.1) is 5.92 Å². The molecule has 0 saturated carbocycles. The number of hydrogen-bond acceptors (Lipinski definition) is 4. The zero-order valence-electron chi connectivity index (χ0n) is 14.8. The van der Waals surface area contributed by atoms with Gasteiger partial charge in [-0.15, -0.1) is 11.8 Å². The van der Waals surface area contributed by atoms with Crippen molar-refractivity contribution in [3.8, 4) is 0 Å². The molecule has 26 heavy (non-hydrogen) atoms. The summed E-state index contributed by atoms with van der Waals surface area (Å²) >= 11 is 1.19. The van der Waals surface area contributed by atoms with Crippen LogP contribution in [0.15, 0.2) is 35.4 Å². The molecule has 144 valence electrons. The van der Waals surface area contributed by atoms with Gasteiger partial charge in [-0.05, 0) is 24.3 Å². The first-order valence-electron chi connectivity index (χ1n) is 8.43. The monoisotopic (exact) mass is 388 g/mol. The summed E-state index contributed by atoms with van der Waals surface area (Å²) < 4.78 is 40.2. The molecule has 1 aromatic rings. The lowest BCUT2D eigenvalue weighted by molar-refractivity contribution is -0.301. The third kappa shape index (κ3) is 5.01. The van der Waals surface area contributed by atoms with Gasteiger partial charge in [0.25, 0.3) is 11.6 Å².